The number of nitrogens with two attached hydrogens (primary N) is 1. The average molecular weight is 289 g/mol. The second kappa shape index (κ2) is 6.15. The van der Waals surface area contributed by atoms with Crippen LogP contribution in [0.25, 0.3) is 0 Å². The first-order valence-electron chi connectivity index (χ1n) is 6.49. The molecule has 106 valence electrons. The molecule has 0 fully saturated rings. The second-order valence-electron chi connectivity index (χ2n) is 5.01. The van der Waals surface area contributed by atoms with Crippen LogP contribution < -0.4 is 5.73 Å². The molecule has 0 aliphatic carbocycles. The Labute approximate surface area is 123 Å². The fourth-order valence-corrected chi connectivity index (χ4v) is 2.70. The van der Waals surface area contributed by atoms with Crippen molar-refractivity contribution in [2.24, 2.45) is 5.73 Å². The molecule has 4 nitrogen and oxygen atoms in total. The maximum atomic E-state index is 12.3. The summed E-state index contributed by atoms with van der Waals surface area (Å²) in [5.41, 5.74) is 8.54. The molecule has 0 spiro atoms. The van der Waals surface area contributed by atoms with Gasteiger partial charge in [0.15, 0.2) is 0 Å². The molecule has 2 rings (SSSR count). The molecule has 2 aromatic rings. The lowest BCUT2D eigenvalue weighted by atomic mass is 10.1. The molecule has 2 N–H and O–H groups in total. The predicted octanol–water partition coefficient (Wildman–Crippen LogP) is 2.74. The van der Waals surface area contributed by atoms with Crippen LogP contribution in [0, 0.1) is 6.92 Å². The molecule has 0 bridgehead atoms. The van der Waals surface area contributed by atoms with E-state index in [4.69, 9.17) is 5.73 Å². The number of carbonyl (C=O) groups is 1. The van der Waals surface area contributed by atoms with Crippen molar-refractivity contribution in [2.45, 2.75) is 26.4 Å². The van der Waals surface area contributed by atoms with Gasteiger partial charge in [0.25, 0.3) is 5.91 Å². The lowest BCUT2D eigenvalue weighted by Crippen LogP contribution is -2.26. The van der Waals surface area contributed by atoms with E-state index in [1.54, 1.807) is 17.3 Å². The number of aromatic nitrogens is 1. The SMILES string of the molecule is Cc1cccc(CN(C)C(=O)c2csc(C(C)N)n2)c1. The summed E-state index contributed by atoms with van der Waals surface area (Å²) >= 11 is 1.43. The van der Waals surface area contributed by atoms with E-state index >= 15 is 0 Å². The maximum absolute atomic E-state index is 12.3. The first kappa shape index (κ1) is 14.7. The van der Waals surface area contributed by atoms with Crippen molar-refractivity contribution in [1.29, 1.82) is 0 Å². The number of carbonyl (C=O) groups excluding carboxylic acids is 1. The van der Waals surface area contributed by atoms with Gasteiger partial charge >= 0.3 is 0 Å². The zero-order valence-electron chi connectivity index (χ0n) is 12.0. The minimum atomic E-state index is -0.136. The molecule has 1 unspecified atom stereocenters. The summed E-state index contributed by atoms with van der Waals surface area (Å²) < 4.78 is 0. The Hall–Kier alpha value is -1.72. The van der Waals surface area contributed by atoms with E-state index in [1.807, 2.05) is 32.0 Å². The Bertz CT molecular complexity index is 607. The topological polar surface area (TPSA) is 59.2 Å². The van der Waals surface area contributed by atoms with Crippen LogP contribution in [-0.2, 0) is 6.54 Å². The fourth-order valence-electron chi connectivity index (χ4n) is 1.95. The summed E-state index contributed by atoms with van der Waals surface area (Å²) in [6.45, 7) is 4.48. The molecule has 0 saturated carbocycles. The van der Waals surface area contributed by atoms with Crippen molar-refractivity contribution in [1.82, 2.24) is 9.88 Å². The number of benzene rings is 1. The van der Waals surface area contributed by atoms with Crippen LogP contribution in [0.1, 0.15) is 39.6 Å². The van der Waals surface area contributed by atoms with Crippen molar-refractivity contribution in [2.75, 3.05) is 7.05 Å². The molecule has 5 heteroatoms. The zero-order valence-corrected chi connectivity index (χ0v) is 12.8. The quantitative estimate of drug-likeness (QED) is 0.941. The van der Waals surface area contributed by atoms with Crippen LogP contribution in [0.3, 0.4) is 0 Å². The molecule has 1 amide bonds. The number of aryl methyl sites for hydroxylation is 1. The molecule has 1 atom stereocenters. The molecular formula is C15H19N3OS. The highest BCUT2D eigenvalue weighted by atomic mass is 32.1. The first-order valence-corrected chi connectivity index (χ1v) is 7.37. The summed E-state index contributed by atoms with van der Waals surface area (Å²) in [6, 6.07) is 8.01. The number of thiazole rings is 1. The summed E-state index contributed by atoms with van der Waals surface area (Å²) in [4.78, 5) is 18.3. The highest BCUT2D eigenvalue weighted by Crippen LogP contribution is 2.17. The standard InChI is InChI=1S/C15H19N3OS/c1-10-5-4-6-12(7-10)8-18(3)15(19)13-9-20-14(17-13)11(2)16/h4-7,9,11H,8,16H2,1-3H3. The molecule has 20 heavy (non-hydrogen) atoms. The molecule has 1 heterocycles. The Morgan fingerprint density at radius 3 is 2.85 bits per heavy atom. The van der Waals surface area contributed by atoms with Gasteiger partial charge in [0.2, 0.25) is 0 Å². The summed E-state index contributed by atoms with van der Waals surface area (Å²) in [7, 11) is 1.79. The van der Waals surface area contributed by atoms with Crippen molar-refractivity contribution >= 4 is 17.2 Å². The minimum absolute atomic E-state index is 0.0744. The smallest absolute Gasteiger partial charge is 0.273 e. The van der Waals surface area contributed by atoms with Crippen LogP contribution in [0.15, 0.2) is 29.6 Å². The normalized spacial score (nSPS) is 12.2. The van der Waals surface area contributed by atoms with E-state index in [2.05, 4.69) is 11.1 Å². The van der Waals surface area contributed by atoms with Crippen LogP contribution in [0.5, 0.6) is 0 Å². The third-order valence-corrected chi connectivity index (χ3v) is 4.03. The molecule has 0 aliphatic heterocycles. The van der Waals surface area contributed by atoms with Gasteiger partial charge in [-0.25, -0.2) is 4.98 Å². The van der Waals surface area contributed by atoms with E-state index in [0.29, 0.717) is 12.2 Å². The fraction of sp³-hybridized carbons (Fsp3) is 0.333. The Kier molecular flexibility index (Phi) is 4.52. The Morgan fingerprint density at radius 1 is 1.50 bits per heavy atom. The third-order valence-electron chi connectivity index (χ3n) is 2.98. The van der Waals surface area contributed by atoms with Crippen LogP contribution >= 0.6 is 11.3 Å². The monoisotopic (exact) mass is 289 g/mol. The summed E-state index contributed by atoms with van der Waals surface area (Å²) in [5.74, 6) is -0.0744. The average Bonchev–Trinajstić information content (AvgIpc) is 2.87. The van der Waals surface area contributed by atoms with Crippen molar-refractivity contribution in [3.8, 4) is 0 Å². The zero-order chi connectivity index (χ0) is 14.7. The summed E-state index contributed by atoms with van der Waals surface area (Å²) in [5, 5.41) is 2.56. The molecule has 0 saturated heterocycles. The van der Waals surface area contributed by atoms with Crippen molar-refractivity contribution in [3.05, 3.63) is 51.5 Å². The number of hydrogen-bond donors (Lipinski definition) is 1. The van der Waals surface area contributed by atoms with Gasteiger partial charge in [-0.15, -0.1) is 11.3 Å². The van der Waals surface area contributed by atoms with Gasteiger partial charge in [-0.3, -0.25) is 4.79 Å². The van der Waals surface area contributed by atoms with E-state index in [-0.39, 0.29) is 11.9 Å². The lowest BCUT2D eigenvalue weighted by molar-refractivity contribution is 0.0780. The van der Waals surface area contributed by atoms with Gasteiger partial charge in [0.1, 0.15) is 10.7 Å². The lowest BCUT2D eigenvalue weighted by Gasteiger charge is -2.16. The largest absolute Gasteiger partial charge is 0.336 e. The van der Waals surface area contributed by atoms with Gasteiger partial charge in [-0.2, -0.15) is 0 Å². The first-order chi connectivity index (χ1) is 9.47. The third kappa shape index (κ3) is 3.43. The number of amides is 1. The molecule has 1 aromatic carbocycles. The van der Waals surface area contributed by atoms with Crippen LogP contribution in [0.2, 0.25) is 0 Å². The number of nitrogens with zero attached hydrogens (tertiary/aromatic N) is 2. The highest BCUT2D eigenvalue weighted by molar-refractivity contribution is 7.09. The molecular weight excluding hydrogens is 270 g/mol. The van der Waals surface area contributed by atoms with Crippen LogP contribution in [0.4, 0.5) is 0 Å². The van der Waals surface area contributed by atoms with Crippen molar-refractivity contribution in [3.63, 3.8) is 0 Å². The molecule has 1 aromatic heterocycles. The predicted molar refractivity (Wildman–Crippen MR) is 81.7 cm³/mol. The van der Waals surface area contributed by atoms with E-state index in [1.165, 1.54) is 16.9 Å². The van der Waals surface area contributed by atoms with Gasteiger partial charge < -0.3 is 10.6 Å². The van der Waals surface area contributed by atoms with E-state index in [9.17, 15) is 4.79 Å². The van der Waals surface area contributed by atoms with Gasteiger partial charge in [-0.05, 0) is 19.4 Å². The maximum Gasteiger partial charge on any atom is 0.273 e. The van der Waals surface area contributed by atoms with Crippen molar-refractivity contribution < 1.29 is 4.79 Å². The van der Waals surface area contributed by atoms with E-state index < -0.39 is 0 Å². The van der Waals surface area contributed by atoms with Gasteiger partial charge in [-0.1, -0.05) is 29.8 Å². The Balaban J connectivity index is 2.08. The number of hydrogen-bond acceptors (Lipinski definition) is 4. The van der Waals surface area contributed by atoms with Crippen LogP contribution in [-0.4, -0.2) is 22.8 Å². The Morgan fingerprint density at radius 2 is 2.25 bits per heavy atom. The van der Waals surface area contributed by atoms with Gasteiger partial charge in [0, 0.05) is 19.0 Å². The van der Waals surface area contributed by atoms with Gasteiger partial charge in [0.05, 0.1) is 6.04 Å². The number of rotatable bonds is 4. The second-order valence-corrected chi connectivity index (χ2v) is 5.90. The van der Waals surface area contributed by atoms with E-state index in [0.717, 1.165) is 10.6 Å². The molecule has 0 aliphatic rings. The summed E-state index contributed by atoms with van der Waals surface area (Å²) in [6.07, 6.45) is 0. The molecule has 0 radical (unpaired) electrons. The minimum Gasteiger partial charge on any atom is -0.336 e. The highest BCUT2D eigenvalue weighted by Gasteiger charge is 2.16.